The molecule has 0 aliphatic heterocycles. The zero-order valence-corrected chi connectivity index (χ0v) is 11.9. The Morgan fingerprint density at radius 3 is 2.72 bits per heavy atom. The Balaban J connectivity index is 2.24. The summed E-state index contributed by atoms with van der Waals surface area (Å²) in [6, 6.07) is 3.28. The van der Waals surface area contributed by atoms with Crippen LogP contribution in [0.2, 0.25) is 0 Å². The van der Waals surface area contributed by atoms with Gasteiger partial charge in [0.15, 0.2) is 0 Å². The smallest absolute Gasteiger partial charge is 0.266 e. The van der Waals surface area contributed by atoms with Crippen LogP contribution in [0.5, 0.6) is 0 Å². The normalized spacial score (nSPS) is 11.4. The Bertz CT molecular complexity index is 636. The van der Waals surface area contributed by atoms with E-state index in [2.05, 4.69) is 30.7 Å². The minimum absolute atomic E-state index is 0.120. The largest absolute Gasteiger partial charge is 0.272 e. The van der Waals surface area contributed by atoms with Crippen molar-refractivity contribution in [3.05, 3.63) is 35.2 Å². The molecule has 0 saturated carbocycles. The van der Waals surface area contributed by atoms with Crippen LogP contribution in [-0.4, -0.2) is 23.2 Å². The second-order valence-corrected chi connectivity index (χ2v) is 6.10. The second-order valence-electron chi connectivity index (χ2n) is 3.50. The molecule has 2 rings (SSSR count). The number of pyridine rings is 1. The molecule has 2 heterocycles. The van der Waals surface area contributed by atoms with Crippen molar-refractivity contribution in [2.24, 2.45) is 0 Å². The average molecular weight is 331 g/mol. The molecule has 0 aliphatic carbocycles. The Hall–Kier alpha value is -1.41. The molecule has 6 nitrogen and oxygen atoms in total. The van der Waals surface area contributed by atoms with Gasteiger partial charge in [0.2, 0.25) is 0 Å². The summed E-state index contributed by atoms with van der Waals surface area (Å²) in [7, 11) is -3.63. The lowest BCUT2D eigenvalue weighted by atomic mass is 10.5. The van der Waals surface area contributed by atoms with Gasteiger partial charge in [-0.3, -0.25) is 9.40 Å². The number of aryl methyl sites for hydroxylation is 1. The van der Waals surface area contributed by atoms with Crippen LogP contribution in [0.4, 0.5) is 5.82 Å². The molecule has 0 amide bonds. The average Bonchev–Trinajstić information content (AvgIpc) is 2.81. The number of anilines is 1. The molecule has 0 aromatic carbocycles. The molecular weight excluding hydrogens is 320 g/mol. The summed E-state index contributed by atoms with van der Waals surface area (Å²) in [5, 5.41) is 3.93. The van der Waals surface area contributed by atoms with Crippen LogP contribution in [0.15, 0.2) is 40.1 Å². The predicted molar refractivity (Wildman–Crippen MR) is 70.6 cm³/mol. The fourth-order valence-corrected chi connectivity index (χ4v) is 2.48. The highest BCUT2D eigenvalue weighted by molar-refractivity contribution is 9.10. The van der Waals surface area contributed by atoms with Gasteiger partial charge in [0.1, 0.15) is 10.7 Å². The fourth-order valence-electron chi connectivity index (χ4n) is 1.29. The Morgan fingerprint density at radius 2 is 2.17 bits per heavy atom. The van der Waals surface area contributed by atoms with Crippen LogP contribution in [0.3, 0.4) is 0 Å². The van der Waals surface area contributed by atoms with Crippen molar-refractivity contribution in [2.75, 3.05) is 4.72 Å². The standard InChI is InChI=1S/C10H11BrN4O2S/c1-2-15-7-9(6-13-15)18(16,17)14-10-4-3-8(11)5-12-10/h3-7H,2H2,1H3,(H,12,14). The molecule has 8 heteroatoms. The minimum Gasteiger partial charge on any atom is -0.272 e. The summed E-state index contributed by atoms with van der Waals surface area (Å²) in [5.74, 6) is 0.266. The molecule has 0 spiro atoms. The molecule has 2 aromatic heterocycles. The predicted octanol–water partition coefficient (Wildman–Crippen LogP) is 1.86. The van der Waals surface area contributed by atoms with E-state index in [1.54, 1.807) is 16.8 Å². The molecule has 0 unspecified atom stereocenters. The van der Waals surface area contributed by atoms with E-state index < -0.39 is 10.0 Å². The van der Waals surface area contributed by atoms with Crippen molar-refractivity contribution in [2.45, 2.75) is 18.4 Å². The maximum absolute atomic E-state index is 12.0. The van der Waals surface area contributed by atoms with Gasteiger partial charge in [-0.15, -0.1) is 0 Å². The van der Waals surface area contributed by atoms with E-state index in [1.165, 1.54) is 18.6 Å². The van der Waals surface area contributed by atoms with Crippen molar-refractivity contribution in [3.8, 4) is 0 Å². The molecule has 0 fully saturated rings. The number of rotatable bonds is 4. The van der Waals surface area contributed by atoms with Crippen molar-refractivity contribution < 1.29 is 8.42 Å². The summed E-state index contributed by atoms with van der Waals surface area (Å²) in [6.07, 6.45) is 4.30. The van der Waals surface area contributed by atoms with Gasteiger partial charge in [-0.05, 0) is 35.0 Å². The summed E-state index contributed by atoms with van der Waals surface area (Å²) in [6.45, 7) is 2.50. The van der Waals surface area contributed by atoms with E-state index in [4.69, 9.17) is 0 Å². The summed E-state index contributed by atoms with van der Waals surface area (Å²) in [4.78, 5) is 4.07. The van der Waals surface area contributed by atoms with Crippen molar-refractivity contribution in [3.63, 3.8) is 0 Å². The fraction of sp³-hybridized carbons (Fsp3) is 0.200. The first-order valence-electron chi connectivity index (χ1n) is 5.18. The van der Waals surface area contributed by atoms with Gasteiger partial charge < -0.3 is 0 Å². The van der Waals surface area contributed by atoms with E-state index in [0.29, 0.717) is 6.54 Å². The Morgan fingerprint density at radius 1 is 1.39 bits per heavy atom. The first kappa shape index (κ1) is 13.0. The van der Waals surface area contributed by atoms with Crippen LogP contribution in [0.1, 0.15) is 6.92 Å². The molecule has 18 heavy (non-hydrogen) atoms. The SMILES string of the molecule is CCn1cc(S(=O)(=O)Nc2ccc(Br)cn2)cn1. The van der Waals surface area contributed by atoms with E-state index in [0.717, 1.165) is 4.47 Å². The van der Waals surface area contributed by atoms with E-state index in [9.17, 15) is 8.42 Å². The highest BCUT2D eigenvalue weighted by atomic mass is 79.9. The van der Waals surface area contributed by atoms with Gasteiger partial charge in [-0.2, -0.15) is 5.10 Å². The molecule has 0 radical (unpaired) electrons. The van der Waals surface area contributed by atoms with Gasteiger partial charge in [0, 0.05) is 23.4 Å². The Labute approximate surface area is 113 Å². The lowest BCUT2D eigenvalue weighted by Gasteiger charge is -2.04. The van der Waals surface area contributed by atoms with E-state index in [-0.39, 0.29) is 10.7 Å². The first-order valence-corrected chi connectivity index (χ1v) is 7.45. The lowest BCUT2D eigenvalue weighted by molar-refractivity contribution is 0.600. The molecule has 0 bridgehead atoms. The maximum atomic E-state index is 12.0. The van der Waals surface area contributed by atoms with Gasteiger partial charge >= 0.3 is 0 Å². The summed E-state index contributed by atoms with van der Waals surface area (Å²) >= 11 is 3.23. The summed E-state index contributed by atoms with van der Waals surface area (Å²) in [5.41, 5.74) is 0. The summed E-state index contributed by atoms with van der Waals surface area (Å²) < 4.78 is 28.7. The van der Waals surface area contributed by atoms with Gasteiger partial charge in [-0.1, -0.05) is 0 Å². The Kier molecular flexibility index (Phi) is 3.67. The third-order valence-corrected chi connectivity index (χ3v) is 3.99. The topological polar surface area (TPSA) is 76.9 Å². The van der Waals surface area contributed by atoms with Crippen LogP contribution >= 0.6 is 15.9 Å². The molecule has 0 saturated heterocycles. The quantitative estimate of drug-likeness (QED) is 0.928. The first-order chi connectivity index (χ1) is 8.51. The van der Waals surface area contributed by atoms with Crippen LogP contribution in [-0.2, 0) is 16.6 Å². The molecule has 1 N–H and O–H groups in total. The number of hydrogen-bond donors (Lipinski definition) is 1. The zero-order valence-electron chi connectivity index (χ0n) is 9.54. The zero-order chi connectivity index (χ0) is 13.2. The third kappa shape index (κ3) is 2.88. The molecular formula is C10H11BrN4O2S. The van der Waals surface area contributed by atoms with Gasteiger partial charge in [-0.25, -0.2) is 13.4 Å². The van der Waals surface area contributed by atoms with Gasteiger partial charge in [0.05, 0.1) is 6.20 Å². The number of sulfonamides is 1. The van der Waals surface area contributed by atoms with Crippen LogP contribution in [0, 0.1) is 0 Å². The number of hydrogen-bond acceptors (Lipinski definition) is 4. The van der Waals surface area contributed by atoms with E-state index in [1.807, 2.05) is 6.92 Å². The highest BCUT2D eigenvalue weighted by Gasteiger charge is 2.16. The molecule has 2 aromatic rings. The van der Waals surface area contributed by atoms with Crippen molar-refractivity contribution in [1.82, 2.24) is 14.8 Å². The highest BCUT2D eigenvalue weighted by Crippen LogP contribution is 2.15. The monoisotopic (exact) mass is 330 g/mol. The number of halogens is 1. The molecule has 0 aliphatic rings. The number of nitrogens with zero attached hydrogens (tertiary/aromatic N) is 3. The molecule has 0 atom stereocenters. The maximum Gasteiger partial charge on any atom is 0.266 e. The van der Waals surface area contributed by atoms with Gasteiger partial charge in [0.25, 0.3) is 10.0 Å². The van der Waals surface area contributed by atoms with E-state index >= 15 is 0 Å². The van der Waals surface area contributed by atoms with Crippen LogP contribution < -0.4 is 4.72 Å². The van der Waals surface area contributed by atoms with Crippen LogP contribution in [0.25, 0.3) is 0 Å². The number of aromatic nitrogens is 3. The molecule has 96 valence electrons. The number of nitrogens with one attached hydrogen (secondary N) is 1. The minimum atomic E-state index is -3.63. The van der Waals surface area contributed by atoms with Crippen molar-refractivity contribution >= 4 is 31.8 Å². The third-order valence-electron chi connectivity index (χ3n) is 2.21. The van der Waals surface area contributed by atoms with Crippen molar-refractivity contribution in [1.29, 1.82) is 0 Å². The second kappa shape index (κ2) is 5.07. The lowest BCUT2D eigenvalue weighted by Crippen LogP contribution is -2.13.